The Morgan fingerprint density at radius 2 is 2.25 bits per heavy atom. The lowest BCUT2D eigenvalue weighted by Gasteiger charge is -2.15. The molecule has 0 saturated carbocycles. The molecule has 0 unspecified atom stereocenters. The van der Waals surface area contributed by atoms with Gasteiger partial charge in [0.25, 0.3) is 0 Å². The van der Waals surface area contributed by atoms with Crippen LogP contribution in [-0.4, -0.2) is 33.3 Å². The van der Waals surface area contributed by atoms with Gasteiger partial charge < -0.3 is 11.1 Å². The molecular weight excluding hydrogens is 230 g/mol. The molecule has 0 aliphatic carbocycles. The molecule has 0 bridgehead atoms. The van der Waals surface area contributed by atoms with E-state index in [-0.39, 0.29) is 24.2 Å². The van der Waals surface area contributed by atoms with Crippen LogP contribution in [0.4, 0.5) is 0 Å². The molecular formula is C9H18ClN5O. The maximum atomic E-state index is 11.4. The van der Waals surface area contributed by atoms with Gasteiger partial charge in [-0.3, -0.25) is 9.48 Å². The van der Waals surface area contributed by atoms with Crippen LogP contribution in [0.15, 0.2) is 12.7 Å². The number of amides is 1. The van der Waals surface area contributed by atoms with Crippen LogP contribution in [0.2, 0.25) is 0 Å². The van der Waals surface area contributed by atoms with Crippen molar-refractivity contribution in [2.24, 2.45) is 11.7 Å². The van der Waals surface area contributed by atoms with Gasteiger partial charge in [-0.15, -0.1) is 12.4 Å². The van der Waals surface area contributed by atoms with Crippen molar-refractivity contribution in [2.45, 2.75) is 26.4 Å². The highest BCUT2D eigenvalue weighted by Crippen LogP contribution is 1.97. The van der Waals surface area contributed by atoms with Crippen molar-refractivity contribution in [2.75, 3.05) is 6.54 Å². The van der Waals surface area contributed by atoms with E-state index in [0.29, 0.717) is 13.1 Å². The maximum Gasteiger partial charge on any atom is 0.237 e. The minimum atomic E-state index is -0.444. The van der Waals surface area contributed by atoms with Crippen molar-refractivity contribution < 1.29 is 4.79 Å². The summed E-state index contributed by atoms with van der Waals surface area (Å²) in [7, 11) is 0. The van der Waals surface area contributed by atoms with Crippen LogP contribution in [0.1, 0.15) is 13.8 Å². The van der Waals surface area contributed by atoms with E-state index in [9.17, 15) is 4.79 Å². The van der Waals surface area contributed by atoms with E-state index >= 15 is 0 Å². The second-order valence-electron chi connectivity index (χ2n) is 3.72. The lowest BCUT2D eigenvalue weighted by atomic mass is 10.1. The molecule has 16 heavy (non-hydrogen) atoms. The minimum absolute atomic E-state index is 0. The number of hydrogen-bond donors (Lipinski definition) is 2. The van der Waals surface area contributed by atoms with Crippen LogP contribution >= 0.6 is 12.4 Å². The lowest BCUT2D eigenvalue weighted by molar-refractivity contribution is -0.123. The molecule has 7 heteroatoms. The minimum Gasteiger partial charge on any atom is -0.353 e. The average molecular weight is 248 g/mol. The number of carbonyl (C=O) groups excluding carboxylic acids is 1. The Hall–Kier alpha value is -1.14. The topological polar surface area (TPSA) is 85.8 Å². The number of halogens is 1. The Morgan fingerprint density at radius 1 is 1.56 bits per heavy atom. The molecule has 0 fully saturated rings. The number of hydrogen-bond acceptors (Lipinski definition) is 4. The molecule has 1 heterocycles. The van der Waals surface area contributed by atoms with E-state index in [4.69, 9.17) is 5.73 Å². The first-order chi connectivity index (χ1) is 7.11. The normalized spacial score (nSPS) is 12.0. The molecule has 1 aromatic rings. The van der Waals surface area contributed by atoms with Gasteiger partial charge in [0.2, 0.25) is 5.91 Å². The summed E-state index contributed by atoms with van der Waals surface area (Å²) in [5.74, 6) is 0.0292. The number of nitrogens with zero attached hydrogens (tertiary/aromatic N) is 3. The third-order valence-electron chi connectivity index (χ3n) is 2.13. The van der Waals surface area contributed by atoms with E-state index < -0.39 is 6.04 Å². The summed E-state index contributed by atoms with van der Waals surface area (Å²) in [6.45, 7) is 4.96. The molecule has 1 rings (SSSR count). The summed E-state index contributed by atoms with van der Waals surface area (Å²) in [5, 5.41) is 6.67. The number of aromatic nitrogens is 3. The number of carbonyl (C=O) groups is 1. The first-order valence-corrected chi connectivity index (χ1v) is 4.97. The first-order valence-electron chi connectivity index (χ1n) is 4.97. The highest BCUT2D eigenvalue weighted by Gasteiger charge is 2.16. The third kappa shape index (κ3) is 4.59. The Kier molecular flexibility index (Phi) is 6.67. The van der Waals surface area contributed by atoms with E-state index in [0.717, 1.165) is 0 Å². The van der Waals surface area contributed by atoms with Gasteiger partial charge in [0, 0.05) is 6.54 Å². The maximum absolute atomic E-state index is 11.4. The molecule has 0 spiro atoms. The third-order valence-corrected chi connectivity index (χ3v) is 2.13. The van der Waals surface area contributed by atoms with Gasteiger partial charge in [0.05, 0.1) is 12.6 Å². The molecule has 1 aromatic heterocycles. The summed E-state index contributed by atoms with van der Waals surface area (Å²) in [4.78, 5) is 15.2. The molecule has 0 radical (unpaired) electrons. The summed E-state index contributed by atoms with van der Waals surface area (Å²) < 4.78 is 1.65. The highest BCUT2D eigenvalue weighted by atomic mass is 35.5. The molecule has 0 aromatic carbocycles. The van der Waals surface area contributed by atoms with Gasteiger partial charge in [-0.05, 0) is 5.92 Å². The van der Waals surface area contributed by atoms with Crippen molar-refractivity contribution >= 4 is 18.3 Å². The van der Waals surface area contributed by atoms with Crippen molar-refractivity contribution in [3.63, 3.8) is 0 Å². The SMILES string of the molecule is CC(C)[C@H](N)C(=O)NCCn1cncn1.Cl. The van der Waals surface area contributed by atoms with Crippen LogP contribution in [-0.2, 0) is 11.3 Å². The zero-order valence-electron chi connectivity index (χ0n) is 9.46. The van der Waals surface area contributed by atoms with Crippen molar-refractivity contribution in [1.82, 2.24) is 20.1 Å². The Morgan fingerprint density at radius 3 is 2.75 bits per heavy atom. The van der Waals surface area contributed by atoms with Crippen molar-refractivity contribution in [3.8, 4) is 0 Å². The Bertz CT molecular complexity index is 301. The quantitative estimate of drug-likeness (QED) is 0.755. The van der Waals surface area contributed by atoms with Gasteiger partial charge in [-0.25, -0.2) is 4.98 Å². The lowest BCUT2D eigenvalue weighted by Crippen LogP contribution is -2.44. The summed E-state index contributed by atoms with van der Waals surface area (Å²) in [5.41, 5.74) is 5.67. The van der Waals surface area contributed by atoms with Crippen molar-refractivity contribution in [1.29, 1.82) is 0 Å². The molecule has 92 valence electrons. The van der Waals surface area contributed by atoms with Gasteiger partial charge >= 0.3 is 0 Å². The second-order valence-corrected chi connectivity index (χ2v) is 3.72. The van der Waals surface area contributed by atoms with Gasteiger partial charge in [0.1, 0.15) is 12.7 Å². The Labute approximate surface area is 101 Å². The molecule has 0 aliphatic heterocycles. The fourth-order valence-corrected chi connectivity index (χ4v) is 1.06. The first kappa shape index (κ1) is 14.9. The standard InChI is InChI=1S/C9H17N5O.ClH/c1-7(2)8(10)9(15)12-3-4-14-6-11-5-13-14;/h5-8H,3-4,10H2,1-2H3,(H,12,15);1H/t8-;/m0./s1. The molecule has 0 aliphatic rings. The molecule has 1 amide bonds. The van der Waals surface area contributed by atoms with Gasteiger partial charge in [-0.1, -0.05) is 13.8 Å². The van der Waals surface area contributed by atoms with Crippen LogP contribution in [0.5, 0.6) is 0 Å². The largest absolute Gasteiger partial charge is 0.353 e. The summed E-state index contributed by atoms with van der Waals surface area (Å²) in [6.07, 6.45) is 3.07. The highest BCUT2D eigenvalue weighted by molar-refractivity contribution is 5.85. The summed E-state index contributed by atoms with van der Waals surface area (Å²) in [6, 6.07) is -0.444. The molecule has 3 N–H and O–H groups in total. The number of nitrogens with one attached hydrogen (secondary N) is 1. The average Bonchev–Trinajstić information content (AvgIpc) is 2.69. The fourth-order valence-electron chi connectivity index (χ4n) is 1.06. The van der Waals surface area contributed by atoms with Crippen LogP contribution in [0.3, 0.4) is 0 Å². The van der Waals surface area contributed by atoms with Gasteiger partial charge in [0.15, 0.2) is 0 Å². The zero-order chi connectivity index (χ0) is 11.3. The van der Waals surface area contributed by atoms with Gasteiger partial charge in [-0.2, -0.15) is 5.10 Å². The molecule has 1 atom stereocenters. The van der Waals surface area contributed by atoms with Crippen LogP contribution in [0, 0.1) is 5.92 Å². The van der Waals surface area contributed by atoms with E-state index in [1.807, 2.05) is 13.8 Å². The van der Waals surface area contributed by atoms with Crippen molar-refractivity contribution in [3.05, 3.63) is 12.7 Å². The predicted molar refractivity (Wildman–Crippen MR) is 63.1 cm³/mol. The predicted octanol–water partition coefficient (Wildman–Crippen LogP) is -0.201. The Balaban J connectivity index is 0.00000225. The van der Waals surface area contributed by atoms with E-state index in [2.05, 4.69) is 15.4 Å². The van der Waals surface area contributed by atoms with Crippen LogP contribution in [0.25, 0.3) is 0 Å². The molecule has 6 nitrogen and oxygen atoms in total. The second kappa shape index (κ2) is 7.19. The zero-order valence-corrected chi connectivity index (χ0v) is 10.3. The summed E-state index contributed by atoms with van der Waals surface area (Å²) >= 11 is 0. The smallest absolute Gasteiger partial charge is 0.237 e. The number of nitrogens with two attached hydrogens (primary N) is 1. The monoisotopic (exact) mass is 247 g/mol. The number of rotatable bonds is 5. The van der Waals surface area contributed by atoms with E-state index in [1.54, 1.807) is 11.0 Å². The van der Waals surface area contributed by atoms with Crippen LogP contribution < -0.4 is 11.1 Å². The van der Waals surface area contributed by atoms with E-state index in [1.165, 1.54) is 6.33 Å². The fraction of sp³-hybridized carbons (Fsp3) is 0.667. The molecule has 0 saturated heterocycles.